The van der Waals surface area contributed by atoms with Gasteiger partial charge in [0.15, 0.2) is 0 Å². The second-order valence-electron chi connectivity index (χ2n) is 22.1. The highest BCUT2D eigenvalue weighted by Crippen LogP contribution is 2.18. The second-order valence-corrected chi connectivity index (χ2v) is 22.1. The Morgan fingerprint density at radius 3 is 1.01 bits per heavy atom. The van der Waals surface area contributed by atoms with Crippen LogP contribution in [0.4, 0.5) is 0 Å². The third kappa shape index (κ3) is 55.9. The molecule has 0 radical (unpaired) electrons. The van der Waals surface area contributed by atoms with Crippen molar-refractivity contribution < 1.29 is 24.5 Å². The van der Waals surface area contributed by atoms with E-state index in [2.05, 4.69) is 31.3 Å². The first-order valence-electron chi connectivity index (χ1n) is 31.9. The number of aliphatic hydroxyl groups is 2. The maximum absolute atomic E-state index is 12.5. The van der Waals surface area contributed by atoms with Gasteiger partial charge in [-0.25, -0.2) is 0 Å². The standard InChI is InChI=1S/C64H125NO5/c1-3-5-7-9-11-13-15-17-19-20-22-25-29-32-36-40-44-48-52-56-62(67)61(60-66)65-63(68)57-53-49-45-41-37-33-30-26-23-21-24-27-31-35-39-43-47-51-55-59-70-64(69)58-54-50-46-42-38-34-28-18-16-14-12-10-8-6-4-2/h18,28,61-62,66-67H,3-17,19-27,29-60H2,1-2H3,(H,65,68)/b28-18-. The van der Waals surface area contributed by atoms with Crippen molar-refractivity contribution in [1.29, 1.82) is 0 Å². The Kier molecular flexibility index (Phi) is 59.0. The Bertz CT molecular complexity index is 1050. The van der Waals surface area contributed by atoms with Crippen molar-refractivity contribution >= 4 is 11.9 Å². The highest BCUT2D eigenvalue weighted by molar-refractivity contribution is 5.76. The minimum Gasteiger partial charge on any atom is -0.466 e. The van der Waals surface area contributed by atoms with Gasteiger partial charge in [0.05, 0.1) is 25.4 Å². The molecule has 416 valence electrons. The summed E-state index contributed by atoms with van der Waals surface area (Å²) in [5.74, 6) is -0.0320. The number of carbonyl (C=O) groups is 2. The highest BCUT2D eigenvalue weighted by Gasteiger charge is 2.20. The molecular weight excluding hydrogens is 863 g/mol. The monoisotopic (exact) mass is 988 g/mol. The molecule has 3 N–H and O–H groups in total. The van der Waals surface area contributed by atoms with Crippen LogP contribution in [0.1, 0.15) is 361 Å². The molecule has 0 aromatic carbocycles. The number of hydrogen-bond acceptors (Lipinski definition) is 5. The predicted octanol–water partition coefficient (Wildman–Crippen LogP) is 20.0. The fraction of sp³-hybridized carbons (Fsp3) is 0.938. The topological polar surface area (TPSA) is 95.9 Å². The molecule has 0 aliphatic heterocycles. The van der Waals surface area contributed by atoms with E-state index >= 15 is 0 Å². The Morgan fingerprint density at radius 2 is 0.671 bits per heavy atom. The van der Waals surface area contributed by atoms with Gasteiger partial charge in [-0.3, -0.25) is 9.59 Å². The van der Waals surface area contributed by atoms with Crippen molar-refractivity contribution in [1.82, 2.24) is 5.32 Å². The average molecular weight is 989 g/mol. The first-order chi connectivity index (χ1) is 34.5. The van der Waals surface area contributed by atoms with Crippen molar-refractivity contribution in [3.05, 3.63) is 12.2 Å². The molecule has 6 nitrogen and oxygen atoms in total. The van der Waals surface area contributed by atoms with Gasteiger partial charge in [-0.15, -0.1) is 0 Å². The van der Waals surface area contributed by atoms with Crippen LogP contribution >= 0.6 is 0 Å². The molecule has 0 aliphatic carbocycles. The maximum Gasteiger partial charge on any atom is 0.305 e. The summed E-state index contributed by atoms with van der Waals surface area (Å²) in [5.41, 5.74) is 0. The molecule has 0 fully saturated rings. The van der Waals surface area contributed by atoms with E-state index < -0.39 is 12.1 Å². The molecular formula is C64H125NO5. The van der Waals surface area contributed by atoms with Crippen LogP contribution < -0.4 is 5.32 Å². The number of aliphatic hydroxyl groups excluding tert-OH is 2. The third-order valence-electron chi connectivity index (χ3n) is 15.1. The lowest BCUT2D eigenvalue weighted by molar-refractivity contribution is -0.143. The number of carbonyl (C=O) groups excluding carboxylic acids is 2. The molecule has 2 unspecified atom stereocenters. The fourth-order valence-electron chi connectivity index (χ4n) is 10.2. The zero-order valence-electron chi connectivity index (χ0n) is 47.5. The number of allylic oxidation sites excluding steroid dienone is 2. The van der Waals surface area contributed by atoms with Crippen LogP contribution in [0, 0.1) is 0 Å². The summed E-state index contributed by atoms with van der Waals surface area (Å²) in [5, 5.41) is 23.4. The Morgan fingerprint density at radius 1 is 0.386 bits per heavy atom. The summed E-state index contributed by atoms with van der Waals surface area (Å²) in [7, 11) is 0. The SMILES string of the molecule is CCCCCCCC/C=C\CCCCCCCC(=O)OCCCCCCCCCCCCCCCCCCCCCC(=O)NC(CO)C(O)CCCCCCCCCCCCCCCCCCCCC. The first-order valence-corrected chi connectivity index (χ1v) is 31.9. The summed E-state index contributed by atoms with van der Waals surface area (Å²) in [6.07, 6.45) is 72.2. The number of rotatable bonds is 60. The molecule has 0 aliphatic rings. The average Bonchev–Trinajstić information content (AvgIpc) is 3.36. The van der Waals surface area contributed by atoms with Crippen LogP contribution in [0.5, 0.6) is 0 Å². The number of esters is 1. The van der Waals surface area contributed by atoms with Gasteiger partial charge in [0.2, 0.25) is 5.91 Å². The zero-order valence-corrected chi connectivity index (χ0v) is 47.5. The molecule has 0 bridgehead atoms. The van der Waals surface area contributed by atoms with Gasteiger partial charge in [0.25, 0.3) is 0 Å². The quantitative estimate of drug-likeness (QED) is 0.0321. The van der Waals surface area contributed by atoms with Gasteiger partial charge in [0, 0.05) is 12.8 Å². The van der Waals surface area contributed by atoms with Crippen LogP contribution in [0.2, 0.25) is 0 Å². The maximum atomic E-state index is 12.5. The molecule has 0 heterocycles. The Balaban J connectivity index is 3.39. The van der Waals surface area contributed by atoms with E-state index in [4.69, 9.17) is 4.74 Å². The van der Waals surface area contributed by atoms with Gasteiger partial charge in [0.1, 0.15) is 0 Å². The van der Waals surface area contributed by atoms with Crippen molar-refractivity contribution in [2.24, 2.45) is 0 Å². The van der Waals surface area contributed by atoms with Crippen molar-refractivity contribution in [2.75, 3.05) is 13.2 Å². The van der Waals surface area contributed by atoms with Crippen molar-refractivity contribution in [3.63, 3.8) is 0 Å². The van der Waals surface area contributed by atoms with E-state index in [-0.39, 0.29) is 18.5 Å². The van der Waals surface area contributed by atoms with Crippen molar-refractivity contribution in [3.8, 4) is 0 Å². The highest BCUT2D eigenvalue weighted by atomic mass is 16.5. The number of ether oxygens (including phenoxy) is 1. The summed E-state index contributed by atoms with van der Waals surface area (Å²) in [6, 6.07) is -0.544. The van der Waals surface area contributed by atoms with E-state index in [1.807, 2.05) is 0 Å². The molecule has 70 heavy (non-hydrogen) atoms. The van der Waals surface area contributed by atoms with E-state index in [1.54, 1.807) is 0 Å². The third-order valence-corrected chi connectivity index (χ3v) is 15.1. The van der Waals surface area contributed by atoms with E-state index in [0.29, 0.717) is 25.9 Å². The number of unbranched alkanes of at least 4 members (excludes halogenated alkanes) is 47. The lowest BCUT2D eigenvalue weighted by Gasteiger charge is -2.22. The van der Waals surface area contributed by atoms with Gasteiger partial charge in [-0.2, -0.15) is 0 Å². The Labute approximate surface area is 438 Å². The minimum absolute atomic E-state index is 0.00216. The smallest absolute Gasteiger partial charge is 0.305 e. The summed E-state index contributed by atoms with van der Waals surface area (Å²) in [4.78, 5) is 24.6. The van der Waals surface area contributed by atoms with E-state index in [0.717, 1.165) is 44.9 Å². The molecule has 0 rings (SSSR count). The molecule has 1 amide bonds. The molecule has 0 saturated heterocycles. The largest absolute Gasteiger partial charge is 0.466 e. The number of amides is 1. The lowest BCUT2D eigenvalue weighted by Crippen LogP contribution is -2.45. The zero-order chi connectivity index (χ0) is 50.7. The number of hydrogen-bond donors (Lipinski definition) is 3. The first kappa shape index (κ1) is 68.6. The van der Waals surface area contributed by atoms with Crippen LogP contribution in [-0.2, 0) is 14.3 Å². The van der Waals surface area contributed by atoms with Crippen LogP contribution in [0.3, 0.4) is 0 Å². The summed E-state index contributed by atoms with van der Waals surface area (Å²) in [6.45, 7) is 4.97. The summed E-state index contributed by atoms with van der Waals surface area (Å²) >= 11 is 0. The minimum atomic E-state index is -0.666. The van der Waals surface area contributed by atoms with Gasteiger partial charge >= 0.3 is 5.97 Å². The molecule has 0 aromatic heterocycles. The van der Waals surface area contributed by atoms with E-state index in [9.17, 15) is 19.8 Å². The number of nitrogens with one attached hydrogen (secondary N) is 1. The lowest BCUT2D eigenvalue weighted by atomic mass is 10.0. The van der Waals surface area contributed by atoms with Crippen LogP contribution in [0.15, 0.2) is 12.2 Å². The normalized spacial score (nSPS) is 12.6. The van der Waals surface area contributed by atoms with Crippen molar-refractivity contribution in [2.45, 2.75) is 373 Å². The van der Waals surface area contributed by atoms with E-state index in [1.165, 1.54) is 283 Å². The molecule has 0 spiro atoms. The Hall–Kier alpha value is -1.40. The van der Waals surface area contributed by atoms with Crippen LogP contribution in [0.25, 0.3) is 0 Å². The molecule has 6 heteroatoms. The molecule has 0 saturated carbocycles. The van der Waals surface area contributed by atoms with Gasteiger partial charge in [-0.05, 0) is 51.4 Å². The fourth-order valence-corrected chi connectivity index (χ4v) is 10.2. The summed E-state index contributed by atoms with van der Waals surface area (Å²) < 4.78 is 5.48. The van der Waals surface area contributed by atoms with Gasteiger partial charge < -0.3 is 20.3 Å². The molecule has 2 atom stereocenters. The molecule has 0 aromatic rings. The second kappa shape index (κ2) is 60.2. The van der Waals surface area contributed by atoms with Crippen LogP contribution in [-0.4, -0.2) is 47.4 Å². The van der Waals surface area contributed by atoms with Gasteiger partial charge in [-0.1, -0.05) is 309 Å². The predicted molar refractivity (Wildman–Crippen MR) is 306 cm³/mol.